The Labute approximate surface area is 163 Å². The minimum atomic E-state index is -0.263. The number of para-hydroxylation sites is 1. The first-order chi connectivity index (χ1) is 13.7. The lowest BCUT2D eigenvalue weighted by molar-refractivity contribution is 0.0956. The fourth-order valence-corrected chi connectivity index (χ4v) is 3.07. The minimum Gasteiger partial charge on any atom is -0.267 e. The van der Waals surface area contributed by atoms with Crippen LogP contribution in [-0.2, 0) is 0 Å². The molecule has 1 aromatic heterocycles. The van der Waals surface area contributed by atoms with Gasteiger partial charge in [0.2, 0.25) is 0 Å². The molecule has 28 heavy (non-hydrogen) atoms. The number of rotatable bonds is 4. The summed E-state index contributed by atoms with van der Waals surface area (Å²) in [5.74, 6) is -0.263. The summed E-state index contributed by atoms with van der Waals surface area (Å²) in [5, 5.41) is 4.94. The minimum absolute atomic E-state index is 0.263. The van der Waals surface area contributed by atoms with Crippen molar-refractivity contribution >= 4 is 23.0 Å². The molecule has 0 saturated carbocycles. The van der Waals surface area contributed by atoms with Crippen LogP contribution < -0.4 is 5.43 Å². The van der Waals surface area contributed by atoms with Crippen molar-refractivity contribution in [2.24, 2.45) is 5.10 Å². The van der Waals surface area contributed by atoms with E-state index in [1.165, 1.54) is 0 Å². The maximum absolute atomic E-state index is 12.9. The topological polar surface area (TPSA) is 54.4 Å². The number of amides is 1. The van der Waals surface area contributed by atoms with E-state index in [4.69, 9.17) is 4.98 Å². The summed E-state index contributed by atoms with van der Waals surface area (Å²) in [6.45, 7) is 2.01. The first kappa shape index (κ1) is 17.6. The Morgan fingerprint density at radius 1 is 0.929 bits per heavy atom. The summed E-state index contributed by atoms with van der Waals surface area (Å²) in [6, 6.07) is 27.2. The summed E-state index contributed by atoms with van der Waals surface area (Å²) in [5.41, 5.74) is 7.75. The molecule has 1 amide bonds. The summed E-state index contributed by atoms with van der Waals surface area (Å²) in [6.07, 6.45) is 1.66. The van der Waals surface area contributed by atoms with Crippen LogP contribution in [0.2, 0.25) is 0 Å². The SMILES string of the molecule is Cc1ccccc1/C=N/NC(=O)c1cc(-c2ccccc2)nc2ccccc12. The van der Waals surface area contributed by atoms with Gasteiger partial charge in [0.25, 0.3) is 5.91 Å². The number of fused-ring (bicyclic) bond motifs is 1. The highest BCUT2D eigenvalue weighted by Crippen LogP contribution is 2.24. The number of aryl methyl sites for hydroxylation is 1. The maximum Gasteiger partial charge on any atom is 0.272 e. The standard InChI is InChI=1S/C24H19N3O/c1-17-9-5-6-12-19(17)16-25-27-24(28)21-15-23(18-10-3-2-4-11-18)26-22-14-8-7-13-20(21)22/h2-16H,1H3,(H,27,28)/b25-16+. The predicted molar refractivity (Wildman–Crippen MR) is 113 cm³/mol. The van der Waals surface area contributed by atoms with Crippen molar-refractivity contribution in [1.29, 1.82) is 0 Å². The number of benzene rings is 3. The lowest BCUT2D eigenvalue weighted by Crippen LogP contribution is -2.18. The van der Waals surface area contributed by atoms with Crippen molar-refractivity contribution in [2.75, 3.05) is 0 Å². The van der Waals surface area contributed by atoms with Gasteiger partial charge in [-0.15, -0.1) is 0 Å². The van der Waals surface area contributed by atoms with Crippen LogP contribution in [0.4, 0.5) is 0 Å². The van der Waals surface area contributed by atoms with Crippen LogP contribution in [-0.4, -0.2) is 17.1 Å². The quantitative estimate of drug-likeness (QED) is 0.410. The molecule has 0 atom stereocenters. The second kappa shape index (κ2) is 7.84. The summed E-state index contributed by atoms with van der Waals surface area (Å²) in [4.78, 5) is 17.6. The molecule has 4 aromatic rings. The number of nitrogens with one attached hydrogen (secondary N) is 1. The third-order valence-corrected chi connectivity index (χ3v) is 4.59. The smallest absolute Gasteiger partial charge is 0.267 e. The van der Waals surface area contributed by atoms with Gasteiger partial charge in [-0.2, -0.15) is 5.10 Å². The van der Waals surface area contributed by atoms with Gasteiger partial charge in [0.05, 0.1) is 23.0 Å². The number of pyridine rings is 1. The lowest BCUT2D eigenvalue weighted by Gasteiger charge is -2.09. The van der Waals surface area contributed by atoms with Crippen molar-refractivity contribution in [3.8, 4) is 11.3 Å². The zero-order chi connectivity index (χ0) is 19.3. The van der Waals surface area contributed by atoms with Crippen molar-refractivity contribution in [3.05, 3.63) is 102 Å². The molecule has 0 aliphatic rings. The van der Waals surface area contributed by atoms with E-state index < -0.39 is 0 Å². The van der Waals surface area contributed by atoms with Crippen LogP contribution in [0, 0.1) is 6.92 Å². The molecule has 0 bridgehead atoms. The average molecular weight is 365 g/mol. The van der Waals surface area contributed by atoms with Crippen molar-refractivity contribution in [1.82, 2.24) is 10.4 Å². The average Bonchev–Trinajstić information content (AvgIpc) is 2.75. The second-order valence-corrected chi connectivity index (χ2v) is 6.49. The normalized spacial score (nSPS) is 11.0. The van der Waals surface area contributed by atoms with Gasteiger partial charge in [-0.1, -0.05) is 72.8 Å². The number of hydrogen-bond donors (Lipinski definition) is 1. The molecule has 0 aliphatic carbocycles. The molecular weight excluding hydrogens is 346 g/mol. The molecule has 0 aliphatic heterocycles. The molecule has 1 heterocycles. The van der Waals surface area contributed by atoms with Gasteiger partial charge in [0, 0.05) is 10.9 Å². The molecule has 136 valence electrons. The van der Waals surface area contributed by atoms with Crippen molar-refractivity contribution < 1.29 is 4.79 Å². The highest BCUT2D eigenvalue weighted by Gasteiger charge is 2.13. The van der Waals surface area contributed by atoms with Crippen LogP contribution >= 0.6 is 0 Å². The monoisotopic (exact) mass is 365 g/mol. The predicted octanol–water partition coefficient (Wildman–Crippen LogP) is 4.97. The first-order valence-corrected chi connectivity index (χ1v) is 9.06. The first-order valence-electron chi connectivity index (χ1n) is 9.06. The number of carbonyl (C=O) groups is 1. The van der Waals surface area contributed by atoms with Crippen LogP contribution in [0.15, 0.2) is 90.0 Å². The summed E-state index contributed by atoms with van der Waals surface area (Å²) >= 11 is 0. The Kier molecular flexibility index (Phi) is 4.93. The molecule has 0 spiro atoms. The van der Waals surface area contributed by atoms with Gasteiger partial charge in [-0.25, -0.2) is 10.4 Å². The lowest BCUT2D eigenvalue weighted by atomic mass is 10.0. The molecule has 0 radical (unpaired) electrons. The largest absolute Gasteiger partial charge is 0.272 e. The third kappa shape index (κ3) is 3.67. The Morgan fingerprint density at radius 2 is 1.64 bits per heavy atom. The van der Waals surface area contributed by atoms with Gasteiger partial charge >= 0.3 is 0 Å². The second-order valence-electron chi connectivity index (χ2n) is 6.49. The Bertz CT molecular complexity index is 1170. The third-order valence-electron chi connectivity index (χ3n) is 4.59. The van der Waals surface area contributed by atoms with E-state index in [0.29, 0.717) is 5.56 Å². The van der Waals surface area contributed by atoms with Crippen molar-refractivity contribution in [3.63, 3.8) is 0 Å². The summed E-state index contributed by atoms with van der Waals surface area (Å²) in [7, 11) is 0. The van der Waals surface area contributed by atoms with Gasteiger partial charge < -0.3 is 0 Å². The summed E-state index contributed by atoms with van der Waals surface area (Å²) < 4.78 is 0. The molecule has 3 aromatic carbocycles. The fourth-order valence-electron chi connectivity index (χ4n) is 3.07. The van der Waals surface area contributed by atoms with E-state index in [1.54, 1.807) is 6.21 Å². The van der Waals surface area contributed by atoms with E-state index in [1.807, 2.05) is 91.9 Å². The molecule has 4 nitrogen and oxygen atoms in total. The molecule has 0 fully saturated rings. The zero-order valence-corrected chi connectivity index (χ0v) is 15.5. The van der Waals surface area contributed by atoms with Gasteiger partial charge in [0.1, 0.15) is 0 Å². The number of aromatic nitrogens is 1. The van der Waals surface area contributed by atoms with Gasteiger partial charge in [0.15, 0.2) is 0 Å². The van der Waals surface area contributed by atoms with E-state index >= 15 is 0 Å². The Balaban J connectivity index is 1.69. The van der Waals surface area contributed by atoms with Crippen LogP contribution in [0.1, 0.15) is 21.5 Å². The number of nitrogens with zero attached hydrogens (tertiary/aromatic N) is 2. The highest BCUT2D eigenvalue weighted by atomic mass is 16.2. The molecule has 0 unspecified atom stereocenters. The zero-order valence-electron chi connectivity index (χ0n) is 15.5. The Hall–Kier alpha value is -3.79. The molecule has 4 heteroatoms. The Morgan fingerprint density at radius 3 is 2.46 bits per heavy atom. The van der Waals surface area contributed by atoms with Gasteiger partial charge in [-0.05, 0) is 30.2 Å². The fraction of sp³-hybridized carbons (Fsp3) is 0.0417. The van der Waals surface area contributed by atoms with E-state index in [-0.39, 0.29) is 5.91 Å². The van der Waals surface area contributed by atoms with Crippen LogP contribution in [0.3, 0.4) is 0 Å². The van der Waals surface area contributed by atoms with Crippen molar-refractivity contribution in [2.45, 2.75) is 6.92 Å². The number of hydrogen-bond acceptors (Lipinski definition) is 3. The molecule has 0 saturated heterocycles. The van der Waals surface area contributed by atoms with Crippen LogP contribution in [0.25, 0.3) is 22.2 Å². The molecule has 4 rings (SSSR count). The molecular formula is C24H19N3O. The number of hydrazone groups is 1. The number of carbonyl (C=O) groups excluding carboxylic acids is 1. The maximum atomic E-state index is 12.9. The highest BCUT2D eigenvalue weighted by molar-refractivity contribution is 6.07. The van der Waals surface area contributed by atoms with E-state index in [2.05, 4.69) is 10.5 Å². The van der Waals surface area contributed by atoms with Crippen LogP contribution in [0.5, 0.6) is 0 Å². The van der Waals surface area contributed by atoms with E-state index in [9.17, 15) is 4.79 Å². The molecule has 1 N–H and O–H groups in total. The van der Waals surface area contributed by atoms with Gasteiger partial charge in [-0.3, -0.25) is 4.79 Å². The van der Waals surface area contributed by atoms with E-state index in [0.717, 1.165) is 33.3 Å².